The standard InChI is InChI=1S/C13H20N2O4/c16-10-6-15(7-11(10)17)13(19)9-3-12(18)14(5-9)4-8-1-2-8/h8-11,16-17H,1-7H2. The van der Waals surface area contributed by atoms with E-state index in [4.69, 9.17) is 0 Å². The molecule has 0 spiro atoms. The highest BCUT2D eigenvalue weighted by Gasteiger charge is 2.41. The summed E-state index contributed by atoms with van der Waals surface area (Å²) in [4.78, 5) is 27.4. The van der Waals surface area contributed by atoms with Gasteiger partial charge in [0.15, 0.2) is 0 Å². The Bertz CT molecular complexity index is 386. The van der Waals surface area contributed by atoms with Gasteiger partial charge in [0.2, 0.25) is 11.8 Å². The van der Waals surface area contributed by atoms with Gasteiger partial charge in [0.05, 0.1) is 18.1 Å². The number of amides is 2. The van der Waals surface area contributed by atoms with Crippen LogP contribution in [0.25, 0.3) is 0 Å². The van der Waals surface area contributed by atoms with Crippen LogP contribution in [-0.2, 0) is 9.59 Å². The van der Waals surface area contributed by atoms with Crippen LogP contribution in [-0.4, -0.2) is 70.2 Å². The molecule has 3 atom stereocenters. The second-order valence-electron chi connectivity index (χ2n) is 6.02. The molecule has 3 fully saturated rings. The van der Waals surface area contributed by atoms with Crippen LogP contribution in [0.3, 0.4) is 0 Å². The maximum Gasteiger partial charge on any atom is 0.228 e. The highest BCUT2D eigenvalue weighted by Crippen LogP contribution is 2.32. The number of aliphatic hydroxyl groups is 2. The SMILES string of the molecule is O=C1CC(C(=O)N2CC(O)C(O)C2)CN1CC1CC1. The van der Waals surface area contributed by atoms with Gasteiger partial charge in [-0.1, -0.05) is 0 Å². The van der Waals surface area contributed by atoms with E-state index < -0.39 is 12.2 Å². The van der Waals surface area contributed by atoms with Gasteiger partial charge in [-0.15, -0.1) is 0 Å². The minimum Gasteiger partial charge on any atom is -0.388 e. The molecule has 0 bridgehead atoms. The van der Waals surface area contributed by atoms with Crippen LogP contribution in [0.4, 0.5) is 0 Å². The number of carbonyl (C=O) groups is 2. The maximum absolute atomic E-state index is 12.3. The molecule has 2 N–H and O–H groups in total. The number of likely N-dealkylation sites (tertiary alicyclic amines) is 2. The highest BCUT2D eigenvalue weighted by molar-refractivity contribution is 5.89. The summed E-state index contributed by atoms with van der Waals surface area (Å²) in [6.45, 7) is 1.63. The first-order valence-electron chi connectivity index (χ1n) is 6.97. The largest absolute Gasteiger partial charge is 0.388 e. The van der Waals surface area contributed by atoms with Gasteiger partial charge in [0.1, 0.15) is 0 Å². The minimum absolute atomic E-state index is 0.0607. The van der Waals surface area contributed by atoms with E-state index in [1.165, 1.54) is 17.7 Å². The average molecular weight is 268 g/mol. The summed E-state index contributed by atoms with van der Waals surface area (Å²) in [5.41, 5.74) is 0. The van der Waals surface area contributed by atoms with Gasteiger partial charge in [0.25, 0.3) is 0 Å². The third-order valence-corrected chi connectivity index (χ3v) is 4.31. The van der Waals surface area contributed by atoms with Crippen molar-refractivity contribution < 1.29 is 19.8 Å². The van der Waals surface area contributed by atoms with Crippen LogP contribution in [0.1, 0.15) is 19.3 Å². The van der Waals surface area contributed by atoms with Crippen molar-refractivity contribution in [2.45, 2.75) is 31.5 Å². The zero-order valence-corrected chi connectivity index (χ0v) is 10.9. The highest BCUT2D eigenvalue weighted by atomic mass is 16.3. The Morgan fingerprint density at radius 1 is 1.16 bits per heavy atom. The lowest BCUT2D eigenvalue weighted by molar-refractivity contribution is -0.135. The topological polar surface area (TPSA) is 81.1 Å². The molecule has 0 aromatic carbocycles. The molecule has 19 heavy (non-hydrogen) atoms. The van der Waals surface area contributed by atoms with Gasteiger partial charge in [-0.05, 0) is 18.8 Å². The summed E-state index contributed by atoms with van der Waals surface area (Å²) in [5.74, 6) is 0.282. The molecule has 1 aliphatic carbocycles. The van der Waals surface area contributed by atoms with E-state index >= 15 is 0 Å². The normalized spacial score (nSPS) is 35.3. The molecule has 2 heterocycles. The molecule has 0 radical (unpaired) electrons. The maximum atomic E-state index is 12.3. The zero-order valence-electron chi connectivity index (χ0n) is 10.9. The average Bonchev–Trinajstić information content (AvgIpc) is 3.02. The van der Waals surface area contributed by atoms with Crippen molar-refractivity contribution in [2.75, 3.05) is 26.2 Å². The molecule has 0 aromatic rings. The van der Waals surface area contributed by atoms with E-state index in [0.717, 1.165) is 6.54 Å². The Labute approximate surface area is 112 Å². The van der Waals surface area contributed by atoms with Crippen LogP contribution in [0.15, 0.2) is 0 Å². The molecular weight excluding hydrogens is 248 g/mol. The molecule has 3 unspecified atom stereocenters. The lowest BCUT2D eigenvalue weighted by atomic mass is 10.1. The van der Waals surface area contributed by atoms with Crippen LogP contribution in [0, 0.1) is 11.8 Å². The number of rotatable bonds is 3. The fourth-order valence-electron chi connectivity index (χ4n) is 2.93. The van der Waals surface area contributed by atoms with Gasteiger partial charge in [-0.2, -0.15) is 0 Å². The molecule has 2 amide bonds. The summed E-state index contributed by atoms with van der Waals surface area (Å²) < 4.78 is 0. The molecule has 1 saturated carbocycles. The summed E-state index contributed by atoms with van der Waals surface area (Å²) in [5, 5.41) is 18.9. The molecule has 2 aliphatic heterocycles. The Kier molecular flexibility index (Phi) is 3.22. The van der Waals surface area contributed by atoms with Crippen LogP contribution >= 0.6 is 0 Å². The lowest BCUT2D eigenvalue weighted by Gasteiger charge is -2.20. The van der Waals surface area contributed by atoms with E-state index in [1.807, 2.05) is 0 Å². The van der Waals surface area contributed by atoms with Crippen molar-refractivity contribution in [1.29, 1.82) is 0 Å². The smallest absolute Gasteiger partial charge is 0.228 e. The molecule has 6 heteroatoms. The third kappa shape index (κ3) is 2.60. The van der Waals surface area contributed by atoms with Crippen molar-refractivity contribution in [3.63, 3.8) is 0 Å². The van der Waals surface area contributed by atoms with E-state index in [9.17, 15) is 19.8 Å². The number of nitrogens with zero attached hydrogens (tertiary/aromatic N) is 2. The Hall–Kier alpha value is -1.14. The second kappa shape index (κ2) is 4.76. The van der Waals surface area contributed by atoms with Gasteiger partial charge in [-0.3, -0.25) is 9.59 Å². The van der Waals surface area contributed by atoms with Gasteiger partial charge < -0.3 is 20.0 Å². The van der Waals surface area contributed by atoms with Crippen molar-refractivity contribution in [1.82, 2.24) is 9.80 Å². The molecule has 0 aromatic heterocycles. The first-order valence-corrected chi connectivity index (χ1v) is 6.97. The van der Waals surface area contributed by atoms with Crippen LogP contribution < -0.4 is 0 Å². The zero-order chi connectivity index (χ0) is 13.6. The van der Waals surface area contributed by atoms with Gasteiger partial charge >= 0.3 is 0 Å². The summed E-state index contributed by atoms with van der Waals surface area (Å²) in [7, 11) is 0. The quantitative estimate of drug-likeness (QED) is 0.674. The molecule has 2 saturated heterocycles. The van der Waals surface area contributed by atoms with Crippen molar-refractivity contribution >= 4 is 11.8 Å². The molecule has 3 rings (SSSR count). The Morgan fingerprint density at radius 2 is 1.79 bits per heavy atom. The number of hydrogen-bond donors (Lipinski definition) is 2. The monoisotopic (exact) mass is 268 g/mol. The van der Waals surface area contributed by atoms with Crippen LogP contribution in [0.2, 0.25) is 0 Å². The van der Waals surface area contributed by atoms with Crippen LogP contribution in [0.5, 0.6) is 0 Å². The molecular formula is C13H20N2O4. The number of hydrogen-bond acceptors (Lipinski definition) is 4. The predicted octanol–water partition coefficient (Wildman–Crippen LogP) is -1.19. The minimum atomic E-state index is -0.858. The fourth-order valence-corrected chi connectivity index (χ4v) is 2.93. The Balaban J connectivity index is 1.57. The predicted molar refractivity (Wildman–Crippen MR) is 66.0 cm³/mol. The molecule has 3 aliphatic rings. The van der Waals surface area contributed by atoms with Crippen molar-refractivity contribution in [3.05, 3.63) is 0 Å². The summed E-state index contributed by atoms with van der Waals surface area (Å²) in [6, 6.07) is 0. The lowest BCUT2D eigenvalue weighted by Crippen LogP contribution is -2.37. The first-order chi connectivity index (χ1) is 9.04. The number of β-amino-alcohol motifs (C(OH)–C–C–N with tert-alkyl or cyclic N) is 2. The van der Waals surface area contributed by atoms with Gasteiger partial charge in [0, 0.05) is 32.6 Å². The molecule has 106 valence electrons. The second-order valence-corrected chi connectivity index (χ2v) is 6.02. The summed E-state index contributed by atoms with van der Waals surface area (Å²) in [6.07, 6.45) is 0.931. The summed E-state index contributed by atoms with van der Waals surface area (Å²) >= 11 is 0. The third-order valence-electron chi connectivity index (χ3n) is 4.31. The molecule has 6 nitrogen and oxygen atoms in total. The first kappa shape index (κ1) is 12.9. The van der Waals surface area contributed by atoms with E-state index in [2.05, 4.69) is 0 Å². The van der Waals surface area contributed by atoms with Crippen molar-refractivity contribution in [2.24, 2.45) is 11.8 Å². The van der Waals surface area contributed by atoms with Crippen molar-refractivity contribution in [3.8, 4) is 0 Å². The van der Waals surface area contributed by atoms with E-state index in [1.54, 1.807) is 4.90 Å². The number of aliphatic hydroxyl groups excluding tert-OH is 2. The number of carbonyl (C=O) groups excluding carboxylic acids is 2. The van der Waals surface area contributed by atoms with E-state index in [0.29, 0.717) is 12.5 Å². The fraction of sp³-hybridized carbons (Fsp3) is 0.846. The van der Waals surface area contributed by atoms with E-state index in [-0.39, 0.29) is 37.2 Å². The van der Waals surface area contributed by atoms with Gasteiger partial charge in [-0.25, -0.2) is 0 Å². The Morgan fingerprint density at radius 3 is 2.37 bits per heavy atom.